The number of rotatable bonds is 36. The Morgan fingerprint density at radius 2 is 0.733 bits per heavy atom. The van der Waals surface area contributed by atoms with E-state index in [1.165, 1.54) is 128 Å². The number of esters is 2. The fourth-order valence-electron chi connectivity index (χ4n) is 6.12. The van der Waals surface area contributed by atoms with Gasteiger partial charge in [0.2, 0.25) is 5.79 Å². The zero-order valence-electron chi connectivity index (χ0n) is 30.6. The van der Waals surface area contributed by atoms with Crippen LogP contribution in [-0.4, -0.2) is 29.4 Å². The number of ether oxygens (including phenoxy) is 2. The molecular formula is C40H78O5. The molecule has 5 nitrogen and oxygen atoms in total. The smallest absolute Gasteiger partial charge is 0.308 e. The minimum absolute atomic E-state index is 0.177. The Labute approximate surface area is 280 Å². The van der Waals surface area contributed by atoms with E-state index in [0.717, 1.165) is 44.9 Å². The molecule has 1 unspecified atom stereocenters. The van der Waals surface area contributed by atoms with Crippen LogP contribution in [0, 0.1) is 0 Å². The van der Waals surface area contributed by atoms with Crippen LogP contribution in [0.1, 0.15) is 233 Å². The first-order chi connectivity index (χ1) is 22.0. The maximum atomic E-state index is 12.6. The molecule has 0 saturated heterocycles. The van der Waals surface area contributed by atoms with Crippen molar-refractivity contribution in [2.75, 3.05) is 6.61 Å². The SMILES string of the molecule is CCCCCCCCCCCCCCCCCCC(O)(CCCCCCC)OC(=O)CCCCC(=O)OCCCCCCCC. The summed E-state index contributed by atoms with van der Waals surface area (Å²) in [4.78, 5) is 24.6. The number of aliphatic hydroxyl groups is 1. The molecule has 1 N–H and O–H groups in total. The number of hydrogen-bond donors (Lipinski definition) is 1. The van der Waals surface area contributed by atoms with Crippen molar-refractivity contribution < 1.29 is 24.2 Å². The van der Waals surface area contributed by atoms with Crippen molar-refractivity contribution in [1.29, 1.82) is 0 Å². The van der Waals surface area contributed by atoms with Gasteiger partial charge in [0.25, 0.3) is 0 Å². The third kappa shape index (κ3) is 32.6. The summed E-state index contributed by atoms with van der Waals surface area (Å²) in [6.07, 6.45) is 36.3. The molecular weight excluding hydrogens is 560 g/mol. The van der Waals surface area contributed by atoms with Crippen LogP contribution in [0.2, 0.25) is 0 Å². The summed E-state index contributed by atoms with van der Waals surface area (Å²) in [5, 5.41) is 11.3. The third-order valence-corrected chi connectivity index (χ3v) is 9.17. The van der Waals surface area contributed by atoms with Crippen molar-refractivity contribution >= 4 is 11.9 Å². The van der Waals surface area contributed by atoms with Crippen LogP contribution in [0.15, 0.2) is 0 Å². The lowest BCUT2D eigenvalue weighted by atomic mass is 9.98. The van der Waals surface area contributed by atoms with Gasteiger partial charge in [0.15, 0.2) is 0 Å². The van der Waals surface area contributed by atoms with E-state index < -0.39 is 5.79 Å². The summed E-state index contributed by atoms with van der Waals surface area (Å²) in [7, 11) is 0. The van der Waals surface area contributed by atoms with Crippen molar-refractivity contribution in [1.82, 2.24) is 0 Å². The summed E-state index contributed by atoms with van der Waals surface area (Å²) in [6, 6.07) is 0. The third-order valence-electron chi connectivity index (χ3n) is 9.17. The summed E-state index contributed by atoms with van der Waals surface area (Å²) in [6.45, 7) is 7.18. The highest BCUT2D eigenvalue weighted by atomic mass is 16.7. The quantitative estimate of drug-likeness (QED) is 0.0420. The molecule has 0 bridgehead atoms. The van der Waals surface area contributed by atoms with E-state index in [1.807, 2.05) is 0 Å². The first-order valence-electron chi connectivity index (χ1n) is 20.1. The standard InChI is InChI=1S/C40H78O5/c1-4-7-10-13-15-16-17-18-19-20-21-22-23-24-26-31-36-40(43,35-30-25-12-9-6-3)45-39(42)34-29-28-33-38(41)44-37-32-27-14-11-8-5-2/h43H,4-37H2,1-3H3. The lowest BCUT2D eigenvalue weighted by Gasteiger charge is -2.28. The van der Waals surface area contributed by atoms with Gasteiger partial charge in [-0.25, -0.2) is 0 Å². The predicted molar refractivity (Wildman–Crippen MR) is 191 cm³/mol. The Morgan fingerprint density at radius 1 is 0.422 bits per heavy atom. The summed E-state index contributed by atoms with van der Waals surface area (Å²) < 4.78 is 11.0. The molecule has 0 aromatic carbocycles. The van der Waals surface area contributed by atoms with E-state index in [-0.39, 0.29) is 18.4 Å². The van der Waals surface area contributed by atoms with Gasteiger partial charge in [0.05, 0.1) is 6.61 Å². The van der Waals surface area contributed by atoms with E-state index in [1.54, 1.807) is 0 Å². The lowest BCUT2D eigenvalue weighted by molar-refractivity contribution is -0.216. The van der Waals surface area contributed by atoms with Crippen LogP contribution < -0.4 is 0 Å². The average Bonchev–Trinajstić information content (AvgIpc) is 3.02. The number of carbonyl (C=O) groups is 2. The van der Waals surface area contributed by atoms with Crippen molar-refractivity contribution in [3.8, 4) is 0 Å². The Morgan fingerprint density at radius 3 is 1.11 bits per heavy atom. The normalized spacial score (nSPS) is 12.7. The van der Waals surface area contributed by atoms with Crippen molar-refractivity contribution in [2.45, 2.75) is 238 Å². The predicted octanol–water partition coefficient (Wildman–Crippen LogP) is 12.7. The van der Waals surface area contributed by atoms with E-state index in [0.29, 0.717) is 38.7 Å². The van der Waals surface area contributed by atoms with Gasteiger partial charge in [-0.15, -0.1) is 0 Å². The second-order valence-corrected chi connectivity index (χ2v) is 13.8. The highest BCUT2D eigenvalue weighted by molar-refractivity contribution is 5.70. The molecule has 0 aliphatic heterocycles. The minimum Gasteiger partial charge on any atom is -0.466 e. The molecule has 0 aromatic heterocycles. The molecule has 0 saturated carbocycles. The second-order valence-electron chi connectivity index (χ2n) is 13.8. The van der Waals surface area contributed by atoms with Gasteiger partial charge >= 0.3 is 11.9 Å². The van der Waals surface area contributed by atoms with Crippen LogP contribution in [0.4, 0.5) is 0 Å². The topological polar surface area (TPSA) is 72.8 Å². The largest absolute Gasteiger partial charge is 0.466 e. The maximum absolute atomic E-state index is 12.6. The molecule has 0 aliphatic carbocycles. The first-order valence-corrected chi connectivity index (χ1v) is 20.1. The monoisotopic (exact) mass is 639 g/mol. The molecule has 0 rings (SSSR count). The van der Waals surface area contributed by atoms with Gasteiger partial charge in [-0.05, 0) is 32.1 Å². The Balaban J connectivity index is 4.07. The molecule has 0 heterocycles. The maximum Gasteiger partial charge on any atom is 0.308 e. The summed E-state index contributed by atoms with van der Waals surface area (Å²) in [5.41, 5.74) is 0. The van der Waals surface area contributed by atoms with Crippen LogP contribution in [-0.2, 0) is 19.1 Å². The van der Waals surface area contributed by atoms with Gasteiger partial charge in [0, 0.05) is 25.7 Å². The molecule has 0 aliphatic rings. The van der Waals surface area contributed by atoms with Crippen LogP contribution in [0.5, 0.6) is 0 Å². The van der Waals surface area contributed by atoms with E-state index in [4.69, 9.17) is 9.47 Å². The second kappa shape index (κ2) is 34.2. The molecule has 45 heavy (non-hydrogen) atoms. The van der Waals surface area contributed by atoms with Gasteiger partial charge < -0.3 is 14.6 Å². The zero-order valence-corrected chi connectivity index (χ0v) is 30.6. The molecule has 268 valence electrons. The van der Waals surface area contributed by atoms with Crippen molar-refractivity contribution in [3.63, 3.8) is 0 Å². The summed E-state index contributed by atoms with van der Waals surface area (Å²) in [5.74, 6) is -1.87. The molecule has 0 aromatic rings. The summed E-state index contributed by atoms with van der Waals surface area (Å²) >= 11 is 0. The number of unbranched alkanes of at least 4 members (excludes halogenated alkanes) is 25. The van der Waals surface area contributed by atoms with Crippen LogP contribution >= 0.6 is 0 Å². The lowest BCUT2D eigenvalue weighted by Crippen LogP contribution is -2.35. The minimum atomic E-state index is -1.35. The Kier molecular flexibility index (Phi) is 33.4. The van der Waals surface area contributed by atoms with E-state index in [2.05, 4.69) is 20.8 Å². The van der Waals surface area contributed by atoms with Gasteiger partial charge in [0.1, 0.15) is 0 Å². The molecule has 1 atom stereocenters. The van der Waals surface area contributed by atoms with Gasteiger partial charge in [-0.3, -0.25) is 9.59 Å². The zero-order chi connectivity index (χ0) is 33.1. The number of carbonyl (C=O) groups excluding carboxylic acids is 2. The van der Waals surface area contributed by atoms with Gasteiger partial charge in [-0.1, -0.05) is 175 Å². The molecule has 0 spiro atoms. The fraction of sp³-hybridized carbons (Fsp3) is 0.950. The highest BCUT2D eigenvalue weighted by Gasteiger charge is 2.30. The number of hydrogen-bond acceptors (Lipinski definition) is 5. The highest BCUT2D eigenvalue weighted by Crippen LogP contribution is 2.26. The van der Waals surface area contributed by atoms with Gasteiger partial charge in [-0.2, -0.15) is 0 Å². The molecule has 0 amide bonds. The molecule has 0 radical (unpaired) electrons. The van der Waals surface area contributed by atoms with E-state index >= 15 is 0 Å². The van der Waals surface area contributed by atoms with E-state index in [9.17, 15) is 14.7 Å². The van der Waals surface area contributed by atoms with Crippen LogP contribution in [0.3, 0.4) is 0 Å². The first kappa shape index (κ1) is 43.9. The average molecular weight is 639 g/mol. The van der Waals surface area contributed by atoms with Crippen molar-refractivity contribution in [2.24, 2.45) is 0 Å². The fourth-order valence-corrected chi connectivity index (χ4v) is 6.12. The van der Waals surface area contributed by atoms with Crippen molar-refractivity contribution in [3.05, 3.63) is 0 Å². The van der Waals surface area contributed by atoms with Crippen LogP contribution in [0.25, 0.3) is 0 Å². The molecule has 0 fully saturated rings. The molecule has 5 heteroatoms. The Hall–Kier alpha value is -1.10. The Bertz CT molecular complexity index is 636.